The van der Waals surface area contributed by atoms with Crippen LogP contribution in [0.4, 0.5) is 0 Å². The minimum Gasteiger partial charge on any atom is -0.313 e. The summed E-state index contributed by atoms with van der Waals surface area (Å²) in [5.41, 5.74) is 1.28. The van der Waals surface area contributed by atoms with Gasteiger partial charge in [-0.05, 0) is 58.4 Å². The molecule has 1 N–H and O–H groups in total. The molecule has 19 heavy (non-hydrogen) atoms. The summed E-state index contributed by atoms with van der Waals surface area (Å²) in [6.07, 6.45) is 1.82. The lowest BCUT2D eigenvalue weighted by Crippen LogP contribution is -2.12. The molecule has 0 saturated heterocycles. The predicted octanol–water partition coefficient (Wildman–Crippen LogP) is 4.87. The van der Waals surface area contributed by atoms with Crippen LogP contribution in [0.15, 0.2) is 55.4 Å². The summed E-state index contributed by atoms with van der Waals surface area (Å²) in [5.74, 6) is 0. The maximum absolute atomic E-state index is 4.40. The van der Waals surface area contributed by atoms with Gasteiger partial charge in [0.2, 0.25) is 0 Å². The predicted molar refractivity (Wildman–Crippen MR) is 87.6 cm³/mol. The number of pyridine rings is 1. The normalized spacial score (nSPS) is 10.7. The first-order valence-electron chi connectivity index (χ1n) is 5.97. The molecular formula is C14H14Br2N2S. The van der Waals surface area contributed by atoms with Crippen molar-refractivity contribution in [1.29, 1.82) is 0 Å². The molecule has 0 aliphatic heterocycles. The fraction of sp³-hybridized carbons (Fsp3) is 0.214. The Morgan fingerprint density at radius 1 is 1.16 bits per heavy atom. The van der Waals surface area contributed by atoms with Crippen LogP contribution in [0.1, 0.15) is 12.5 Å². The molecule has 0 atom stereocenters. The average molecular weight is 402 g/mol. The van der Waals surface area contributed by atoms with E-state index < -0.39 is 0 Å². The van der Waals surface area contributed by atoms with Crippen molar-refractivity contribution in [3.8, 4) is 0 Å². The van der Waals surface area contributed by atoms with Crippen molar-refractivity contribution < 1.29 is 0 Å². The van der Waals surface area contributed by atoms with Crippen LogP contribution in [0.2, 0.25) is 0 Å². The molecule has 0 unspecified atom stereocenters. The van der Waals surface area contributed by atoms with Crippen molar-refractivity contribution in [3.05, 3.63) is 51.0 Å². The lowest BCUT2D eigenvalue weighted by atomic mass is 10.2. The van der Waals surface area contributed by atoms with E-state index >= 15 is 0 Å². The minimum atomic E-state index is 0.870. The number of hydrogen-bond acceptors (Lipinski definition) is 3. The van der Waals surface area contributed by atoms with Crippen LogP contribution in [0.5, 0.6) is 0 Å². The van der Waals surface area contributed by atoms with Gasteiger partial charge in [0.1, 0.15) is 5.03 Å². The molecule has 2 aromatic rings. The van der Waals surface area contributed by atoms with E-state index in [2.05, 4.69) is 67.3 Å². The molecule has 0 fully saturated rings. The number of nitrogens with zero attached hydrogens (tertiary/aromatic N) is 1. The van der Waals surface area contributed by atoms with Gasteiger partial charge < -0.3 is 5.32 Å². The van der Waals surface area contributed by atoms with Gasteiger partial charge >= 0.3 is 0 Å². The monoisotopic (exact) mass is 400 g/mol. The summed E-state index contributed by atoms with van der Waals surface area (Å²) < 4.78 is 2.11. The molecule has 0 amide bonds. The standard InChI is InChI=1S/C14H14Br2N2S/c1-2-17-8-10-7-11(15)3-5-13(10)19-14-6-4-12(16)9-18-14/h3-7,9,17H,2,8H2,1H3. The third-order valence-corrected chi connectivity index (χ3v) is 4.53. The third kappa shape index (κ3) is 4.60. The van der Waals surface area contributed by atoms with E-state index in [0.717, 1.165) is 27.1 Å². The van der Waals surface area contributed by atoms with Gasteiger partial charge in [0.25, 0.3) is 0 Å². The maximum atomic E-state index is 4.40. The van der Waals surface area contributed by atoms with Crippen LogP contribution in [0, 0.1) is 0 Å². The second-order valence-electron chi connectivity index (χ2n) is 3.95. The first-order chi connectivity index (χ1) is 9.19. The highest BCUT2D eigenvalue weighted by molar-refractivity contribution is 9.10. The van der Waals surface area contributed by atoms with E-state index in [1.165, 1.54) is 10.5 Å². The smallest absolute Gasteiger partial charge is 0.101 e. The topological polar surface area (TPSA) is 24.9 Å². The highest BCUT2D eigenvalue weighted by Gasteiger charge is 2.06. The summed E-state index contributed by atoms with van der Waals surface area (Å²) in [4.78, 5) is 5.64. The summed E-state index contributed by atoms with van der Waals surface area (Å²) in [6.45, 7) is 3.95. The quantitative estimate of drug-likeness (QED) is 0.773. The second kappa shape index (κ2) is 7.43. The van der Waals surface area contributed by atoms with E-state index in [1.54, 1.807) is 11.8 Å². The molecule has 1 aromatic carbocycles. The Kier molecular flexibility index (Phi) is 5.88. The van der Waals surface area contributed by atoms with Crippen molar-refractivity contribution in [1.82, 2.24) is 10.3 Å². The molecule has 0 radical (unpaired) electrons. The summed E-state index contributed by atoms with van der Waals surface area (Å²) in [7, 11) is 0. The van der Waals surface area contributed by atoms with Crippen LogP contribution in [-0.4, -0.2) is 11.5 Å². The molecular weight excluding hydrogens is 388 g/mol. The van der Waals surface area contributed by atoms with Gasteiger partial charge in [-0.3, -0.25) is 0 Å². The largest absolute Gasteiger partial charge is 0.313 e. The van der Waals surface area contributed by atoms with Crippen molar-refractivity contribution in [2.24, 2.45) is 0 Å². The van der Waals surface area contributed by atoms with Gasteiger partial charge in [0, 0.05) is 26.6 Å². The Bertz CT molecular complexity index is 544. The van der Waals surface area contributed by atoms with Gasteiger partial charge in [0.05, 0.1) is 0 Å². The molecule has 2 nitrogen and oxygen atoms in total. The van der Waals surface area contributed by atoms with Crippen molar-refractivity contribution in [3.63, 3.8) is 0 Å². The number of aromatic nitrogens is 1. The number of rotatable bonds is 5. The van der Waals surface area contributed by atoms with E-state index in [4.69, 9.17) is 0 Å². The molecule has 1 aromatic heterocycles. The van der Waals surface area contributed by atoms with Gasteiger partial charge in [-0.15, -0.1) is 0 Å². The van der Waals surface area contributed by atoms with Crippen LogP contribution in [0.25, 0.3) is 0 Å². The Morgan fingerprint density at radius 2 is 1.95 bits per heavy atom. The van der Waals surface area contributed by atoms with Crippen LogP contribution < -0.4 is 5.32 Å². The number of benzene rings is 1. The molecule has 2 rings (SSSR count). The number of nitrogens with one attached hydrogen (secondary N) is 1. The zero-order chi connectivity index (χ0) is 13.7. The van der Waals surface area contributed by atoms with Gasteiger partial charge in [-0.2, -0.15) is 0 Å². The molecule has 0 bridgehead atoms. The number of halogens is 2. The van der Waals surface area contributed by atoms with Crippen molar-refractivity contribution >= 4 is 43.6 Å². The molecule has 0 spiro atoms. The molecule has 5 heteroatoms. The lowest BCUT2D eigenvalue weighted by Gasteiger charge is -2.10. The van der Waals surface area contributed by atoms with E-state index in [-0.39, 0.29) is 0 Å². The van der Waals surface area contributed by atoms with Gasteiger partial charge in [-0.25, -0.2) is 4.98 Å². The summed E-state index contributed by atoms with van der Waals surface area (Å²) in [6, 6.07) is 10.4. The summed E-state index contributed by atoms with van der Waals surface area (Å²) >= 11 is 8.61. The second-order valence-corrected chi connectivity index (χ2v) is 6.84. The summed E-state index contributed by atoms with van der Waals surface area (Å²) in [5, 5.41) is 4.37. The highest BCUT2D eigenvalue weighted by atomic mass is 79.9. The highest BCUT2D eigenvalue weighted by Crippen LogP contribution is 2.31. The van der Waals surface area contributed by atoms with Crippen molar-refractivity contribution in [2.75, 3.05) is 6.54 Å². The Balaban J connectivity index is 2.20. The van der Waals surface area contributed by atoms with E-state index in [9.17, 15) is 0 Å². The SMILES string of the molecule is CCNCc1cc(Br)ccc1Sc1ccc(Br)cn1. The Morgan fingerprint density at radius 3 is 2.63 bits per heavy atom. The van der Waals surface area contributed by atoms with Gasteiger partial charge in [-0.1, -0.05) is 34.6 Å². The van der Waals surface area contributed by atoms with Crippen LogP contribution in [-0.2, 0) is 6.54 Å². The number of hydrogen-bond donors (Lipinski definition) is 1. The zero-order valence-corrected chi connectivity index (χ0v) is 14.5. The van der Waals surface area contributed by atoms with Crippen LogP contribution in [0.3, 0.4) is 0 Å². The lowest BCUT2D eigenvalue weighted by molar-refractivity contribution is 0.717. The zero-order valence-electron chi connectivity index (χ0n) is 10.5. The fourth-order valence-electron chi connectivity index (χ4n) is 1.58. The maximum Gasteiger partial charge on any atom is 0.101 e. The van der Waals surface area contributed by atoms with E-state index in [0.29, 0.717) is 0 Å². The molecule has 100 valence electrons. The Hall–Kier alpha value is -0.360. The first kappa shape index (κ1) is 15.0. The molecule has 0 aliphatic rings. The molecule has 0 aliphatic carbocycles. The molecule has 1 heterocycles. The average Bonchev–Trinajstić information content (AvgIpc) is 2.41. The third-order valence-electron chi connectivity index (χ3n) is 2.50. The van der Waals surface area contributed by atoms with E-state index in [1.807, 2.05) is 18.3 Å². The van der Waals surface area contributed by atoms with Gasteiger partial charge in [0.15, 0.2) is 0 Å². The van der Waals surface area contributed by atoms with Crippen molar-refractivity contribution in [2.45, 2.75) is 23.4 Å². The fourth-order valence-corrected chi connectivity index (χ4v) is 3.09. The minimum absolute atomic E-state index is 0.870. The Labute approximate surface area is 134 Å². The van der Waals surface area contributed by atoms with Crippen LogP contribution >= 0.6 is 43.6 Å². The molecule has 0 saturated carbocycles. The first-order valence-corrected chi connectivity index (χ1v) is 8.38.